The maximum atomic E-state index is 5.58. The van der Waals surface area contributed by atoms with E-state index in [1.807, 2.05) is 43.5 Å². The van der Waals surface area contributed by atoms with Crippen LogP contribution in [-0.4, -0.2) is 11.1 Å². The van der Waals surface area contributed by atoms with E-state index in [0.29, 0.717) is 0 Å². The molecule has 2 aromatic rings. The quantitative estimate of drug-likeness (QED) is 0.906. The van der Waals surface area contributed by atoms with Crippen molar-refractivity contribution in [1.29, 1.82) is 0 Å². The summed E-state index contributed by atoms with van der Waals surface area (Å²) in [5.74, 6) is 0.880. The fraction of sp³-hybridized carbons (Fsp3) is 0.250. The monoisotopic (exact) mass is 312 g/mol. The molecule has 0 unspecified atom stereocenters. The van der Waals surface area contributed by atoms with Gasteiger partial charge in [0.1, 0.15) is 10.4 Å². The van der Waals surface area contributed by atoms with E-state index in [9.17, 15) is 0 Å². The number of ether oxygens (including phenoxy) is 1. The van der Waals surface area contributed by atoms with Crippen molar-refractivity contribution in [3.8, 4) is 5.75 Å². The number of thiazole rings is 1. The fourth-order valence-corrected chi connectivity index (χ4v) is 2.49. The zero-order valence-corrected chi connectivity index (χ0v) is 12.0. The van der Waals surface area contributed by atoms with Crippen LogP contribution in [0, 0.1) is 0 Å². The van der Waals surface area contributed by atoms with Crippen molar-refractivity contribution < 1.29 is 4.74 Å². The second kappa shape index (κ2) is 5.51. The van der Waals surface area contributed by atoms with Gasteiger partial charge in [-0.3, -0.25) is 0 Å². The average Bonchev–Trinajstić information content (AvgIpc) is 2.66. The highest BCUT2D eigenvalue weighted by atomic mass is 79.9. The Morgan fingerprint density at radius 1 is 1.29 bits per heavy atom. The second-order valence-corrected chi connectivity index (χ2v) is 5.46. The summed E-state index contributed by atoms with van der Waals surface area (Å²) < 4.78 is 6.43. The Hall–Kier alpha value is -1.07. The number of aromatic nitrogens is 1. The van der Waals surface area contributed by atoms with Crippen molar-refractivity contribution in [1.82, 2.24) is 4.98 Å². The number of hydrogen-bond acceptors (Lipinski definition) is 4. The van der Waals surface area contributed by atoms with Crippen molar-refractivity contribution in [3.63, 3.8) is 0 Å². The Kier molecular flexibility index (Phi) is 4.02. The number of hydrogen-bond donors (Lipinski definition) is 1. The van der Waals surface area contributed by atoms with Gasteiger partial charge < -0.3 is 10.1 Å². The second-order valence-electron chi connectivity index (χ2n) is 3.79. The van der Waals surface area contributed by atoms with Gasteiger partial charge in [-0.05, 0) is 54.0 Å². The zero-order valence-electron chi connectivity index (χ0n) is 9.61. The summed E-state index contributed by atoms with van der Waals surface area (Å²) in [6, 6.07) is 7.86. The lowest BCUT2D eigenvalue weighted by Crippen LogP contribution is -2.05. The van der Waals surface area contributed by atoms with Gasteiger partial charge in [0, 0.05) is 11.1 Å². The van der Waals surface area contributed by atoms with Gasteiger partial charge in [-0.15, -0.1) is 11.3 Å². The first kappa shape index (κ1) is 12.4. The van der Waals surface area contributed by atoms with Gasteiger partial charge in [-0.2, -0.15) is 0 Å². The lowest BCUT2D eigenvalue weighted by molar-refractivity contribution is 0.242. The lowest BCUT2D eigenvalue weighted by Gasteiger charge is -2.10. The molecule has 0 fully saturated rings. The molecule has 0 aliphatic carbocycles. The predicted octanol–water partition coefficient (Wildman–Crippen LogP) is 4.44. The van der Waals surface area contributed by atoms with Gasteiger partial charge in [-0.25, -0.2) is 4.98 Å². The van der Waals surface area contributed by atoms with Crippen LogP contribution in [0.2, 0.25) is 0 Å². The Balaban J connectivity index is 2.03. The van der Waals surface area contributed by atoms with E-state index in [1.165, 1.54) is 0 Å². The zero-order chi connectivity index (χ0) is 12.3. The molecular formula is C12H13BrN2OS. The van der Waals surface area contributed by atoms with E-state index in [0.717, 1.165) is 21.2 Å². The molecule has 0 radical (unpaired) electrons. The highest BCUT2D eigenvalue weighted by Crippen LogP contribution is 2.24. The van der Waals surface area contributed by atoms with Crippen LogP contribution in [0.25, 0.3) is 0 Å². The van der Waals surface area contributed by atoms with Gasteiger partial charge in [0.25, 0.3) is 0 Å². The van der Waals surface area contributed by atoms with Crippen LogP contribution in [0.15, 0.2) is 34.2 Å². The van der Waals surface area contributed by atoms with E-state index < -0.39 is 0 Å². The van der Waals surface area contributed by atoms with Crippen LogP contribution >= 0.6 is 27.3 Å². The number of anilines is 2. The molecule has 0 saturated carbocycles. The maximum Gasteiger partial charge on any atom is 0.188 e. The minimum absolute atomic E-state index is 0.198. The van der Waals surface area contributed by atoms with E-state index in [-0.39, 0.29) is 6.10 Å². The average molecular weight is 313 g/mol. The summed E-state index contributed by atoms with van der Waals surface area (Å²) in [6.07, 6.45) is 0.198. The maximum absolute atomic E-state index is 5.58. The van der Waals surface area contributed by atoms with Gasteiger partial charge in [0.15, 0.2) is 5.13 Å². The fourth-order valence-electron chi connectivity index (χ4n) is 1.32. The SMILES string of the molecule is CC(C)Oc1ccc(Nc2nc(Br)cs2)cc1. The summed E-state index contributed by atoms with van der Waals surface area (Å²) in [5.41, 5.74) is 1.00. The third kappa shape index (κ3) is 3.71. The van der Waals surface area contributed by atoms with Gasteiger partial charge >= 0.3 is 0 Å². The van der Waals surface area contributed by atoms with Crippen LogP contribution in [0.4, 0.5) is 10.8 Å². The Bertz CT molecular complexity index is 482. The lowest BCUT2D eigenvalue weighted by atomic mass is 10.3. The van der Waals surface area contributed by atoms with E-state index in [1.54, 1.807) is 11.3 Å². The molecular weight excluding hydrogens is 300 g/mol. The summed E-state index contributed by atoms with van der Waals surface area (Å²) >= 11 is 4.88. The van der Waals surface area contributed by atoms with E-state index in [4.69, 9.17) is 4.74 Å². The minimum Gasteiger partial charge on any atom is -0.491 e. The van der Waals surface area contributed by atoms with Crippen LogP contribution in [-0.2, 0) is 0 Å². The molecule has 90 valence electrons. The third-order valence-electron chi connectivity index (χ3n) is 1.95. The Morgan fingerprint density at radius 2 is 2.00 bits per heavy atom. The van der Waals surface area contributed by atoms with Crippen LogP contribution in [0.5, 0.6) is 5.75 Å². The highest BCUT2D eigenvalue weighted by molar-refractivity contribution is 9.10. The molecule has 0 bridgehead atoms. The van der Waals surface area contributed by atoms with Crippen molar-refractivity contribution in [2.45, 2.75) is 20.0 Å². The molecule has 3 nitrogen and oxygen atoms in total. The summed E-state index contributed by atoms with van der Waals surface area (Å²) in [4.78, 5) is 4.27. The van der Waals surface area contributed by atoms with E-state index >= 15 is 0 Å². The largest absolute Gasteiger partial charge is 0.491 e. The number of nitrogens with zero attached hydrogens (tertiary/aromatic N) is 1. The molecule has 1 aromatic carbocycles. The topological polar surface area (TPSA) is 34.1 Å². The normalized spacial score (nSPS) is 10.6. The van der Waals surface area contributed by atoms with Crippen LogP contribution < -0.4 is 10.1 Å². The summed E-state index contributed by atoms with van der Waals surface area (Å²) in [5, 5.41) is 6.04. The van der Waals surface area contributed by atoms with E-state index in [2.05, 4.69) is 26.2 Å². The van der Waals surface area contributed by atoms with Gasteiger partial charge in [-0.1, -0.05) is 0 Å². The predicted molar refractivity (Wildman–Crippen MR) is 75.3 cm³/mol. The molecule has 5 heteroatoms. The standard InChI is InChI=1S/C12H13BrN2OS/c1-8(2)16-10-5-3-9(4-6-10)14-12-15-11(13)7-17-12/h3-8H,1-2H3,(H,14,15). The molecule has 0 amide bonds. The molecule has 0 spiro atoms. The number of nitrogens with one attached hydrogen (secondary N) is 1. The molecule has 1 heterocycles. The molecule has 0 aliphatic heterocycles. The first-order chi connectivity index (χ1) is 8.13. The Labute approximate surface area is 113 Å². The molecule has 17 heavy (non-hydrogen) atoms. The van der Waals surface area contributed by atoms with Crippen molar-refractivity contribution in [2.75, 3.05) is 5.32 Å². The molecule has 0 atom stereocenters. The van der Waals surface area contributed by atoms with Crippen molar-refractivity contribution in [2.24, 2.45) is 0 Å². The Morgan fingerprint density at radius 3 is 2.53 bits per heavy atom. The van der Waals surface area contributed by atoms with Crippen molar-refractivity contribution >= 4 is 38.1 Å². The molecule has 2 rings (SSSR count). The first-order valence-corrected chi connectivity index (χ1v) is 6.95. The molecule has 1 aromatic heterocycles. The number of benzene rings is 1. The summed E-state index contributed by atoms with van der Waals surface area (Å²) in [7, 11) is 0. The summed E-state index contributed by atoms with van der Waals surface area (Å²) in [6.45, 7) is 4.03. The molecule has 1 N–H and O–H groups in total. The smallest absolute Gasteiger partial charge is 0.188 e. The molecule has 0 aliphatic rings. The van der Waals surface area contributed by atoms with Crippen molar-refractivity contribution in [3.05, 3.63) is 34.2 Å². The van der Waals surface area contributed by atoms with Crippen LogP contribution in [0.3, 0.4) is 0 Å². The number of halogens is 1. The highest BCUT2D eigenvalue weighted by Gasteiger charge is 2.01. The van der Waals surface area contributed by atoms with Gasteiger partial charge in [0.2, 0.25) is 0 Å². The van der Waals surface area contributed by atoms with Crippen LogP contribution in [0.1, 0.15) is 13.8 Å². The number of rotatable bonds is 4. The minimum atomic E-state index is 0.198. The molecule has 0 saturated heterocycles. The van der Waals surface area contributed by atoms with Gasteiger partial charge in [0.05, 0.1) is 6.10 Å². The third-order valence-corrected chi connectivity index (χ3v) is 3.42. The first-order valence-electron chi connectivity index (χ1n) is 5.28.